The highest BCUT2D eigenvalue weighted by Crippen LogP contribution is 2.14. The van der Waals surface area contributed by atoms with Crippen LogP contribution in [0.1, 0.15) is 21.5 Å². The van der Waals surface area contributed by atoms with Gasteiger partial charge in [0.2, 0.25) is 0 Å². The lowest BCUT2D eigenvalue weighted by molar-refractivity contribution is 0.102. The van der Waals surface area contributed by atoms with Crippen LogP contribution in [0.2, 0.25) is 5.02 Å². The first-order chi connectivity index (χ1) is 11.1. The lowest BCUT2D eigenvalue weighted by Crippen LogP contribution is -2.12. The van der Waals surface area contributed by atoms with Gasteiger partial charge in [-0.05, 0) is 36.2 Å². The van der Waals surface area contributed by atoms with E-state index in [1.54, 1.807) is 10.9 Å². The lowest BCUT2D eigenvalue weighted by atomic mass is 10.1. The van der Waals surface area contributed by atoms with Gasteiger partial charge in [0.15, 0.2) is 0 Å². The third-order valence-electron chi connectivity index (χ3n) is 3.54. The molecule has 116 valence electrons. The smallest absolute Gasteiger partial charge is 0.256 e. The minimum absolute atomic E-state index is 0.130. The number of benzene rings is 2. The van der Waals surface area contributed by atoms with E-state index in [-0.39, 0.29) is 5.91 Å². The monoisotopic (exact) mass is 325 g/mol. The molecule has 1 heterocycles. The maximum Gasteiger partial charge on any atom is 0.256 e. The number of nitrogens with one attached hydrogen (secondary N) is 1. The number of hydrogen-bond donors (Lipinski definition) is 1. The predicted octanol–water partition coefficient (Wildman–Crippen LogP) is 4.15. The second kappa shape index (κ2) is 6.67. The Morgan fingerprint density at radius 1 is 1.17 bits per heavy atom. The molecule has 0 saturated heterocycles. The number of nitrogens with zero attached hydrogens (tertiary/aromatic N) is 2. The molecule has 3 aromatic rings. The summed E-state index contributed by atoms with van der Waals surface area (Å²) in [5, 5.41) is 7.85. The van der Waals surface area contributed by atoms with Crippen molar-refractivity contribution in [3.63, 3.8) is 0 Å². The van der Waals surface area contributed by atoms with Crippen LogP contribution in [0.5, 0.6) is 0 Å². The van der Waals surface area contributed by atoms with Crippen molar-refractivity contribution < 1.29 is 4.79 Å². The summed E-state index contributed by atoms with van der Waals surface area (Å²) in [6, 6.07) is 15.1. The molecule has 23 heavy (non-hydrogen) atoms. The van der Waals surface area contributed by atoms with Crippen LogP contribution in [0.25, 0.3) is 0 Å². The topological polar surface area (TPSA) is 46.9 Å². The first-order valence-electron chi connectivity index (χ1n) is 7.26. The van der Waals surface area contributed by atoms with Gasteiger partial charge < -0.3 is 5.32 Å². The molecule has 1 amide bonds. The Morgan fingerprint density at radius 2 is 1.91 bits per heavy atom. The van der Waals surface area contributed by atoms with Gasteiger partial charge in [-0.3, -0.25) is 9.48 Å². The molecule has 5 heteroatoms. The second-order valence-corrected chi connectivity index (χ2v) is 5.76. The molecule has 2 aromatic carbocycles. The van der Waals surface area contributed by atoms with Crippen LogP contribution in [0.3, 0.4) is 0 Å². The number of carbonyl (C=O) groups is 1. The van der Waals surface area contributed by atoms with Crippen molar-refractivity contribution in [1.82, 2.24) is 9.78 Å². The number of hydrogen-bond acceptors (Lipinski definition) is 2. The van der Waals surface area contributed by atoms with Crippen molar-refractivity contribution in [1.29, 1.82) is 0 Å². The first kappa shape index (κ1) is 15.3. The zero-order chi connectivity index (χ0) is 16.2. The SMILES string of the molecule is Cc1ccccc1C(=O)Nc1cnn(Cc2ccc(Cl)cc2)c1. The highest BCUT2D eigenvalue weighted by Gasteiger charge is 2.09. The molecule has 0 atom stereocenters. The molecule has 0 spiro atoms. The maximum atomic E-state index is 12.3. The summed E-state index contributed by atoms with van der Waals surface area (Å²) in [5.41, 5.74) is 3.37. The standard InChI is InChI=1S/C18H16ClN3O/c1-13-4-2-3-5-17(13)18(23)21-16-10-20-22(12-16)11-14-6-8-15(19)9-7-14/h2-10,12H,11H2,1H3,(H,21,23). The second-order valence-electron chi connectivity index (χ2n) is 5.32. The average molecular weight is 326 g/mol. The third kappa shape index (κ3) is 3.79. The molecule has 4 nitrogen and oxygen atoms in total. The Kier molecular flexibility index (Phi) is 4.44. The van der Waals surface area contributed by atoms with Crippen molar-refractivity contribution in [2.75, 3.05) is 5.32 Å². The van der Waals surface area contributed by atoms with E-state index >= 15 is 0 Å². The molecule has 1 N–H and O–H groups in total. The van der Waals surface area contributed by atoms with Crippen molar-refractivity contribution in [3.05, 3.63) is 82.6 Å². The van der Waals surface area contributed by atoms with E-state index in [1.165, 1.54) is 0 Å². The van der Waals surface area contributed by atoms with Crippen LogP contribution in [0, 0.1) is 6.92 Å². The number of amides is 1. The fourth-order valence-corrected chi connectivity index (χ4v) is 2.44. The van der Waals surface area contributed by atoms with Gasteiger partial charge in [-0.2, -0.15) is 5.10 Å². The number of rotatable bonds is 4. The van der Waals surface area contributed by atoms with Crippen LogP contribution < -0.4 is 5.32 Å². The molecule has 1 aromatic heterocycles. The van der Waals surface area contributed by atoms with Gasteiger partial charge in [0.05, 0.1) is 18.4 Å². The average Bonchev–Trinajstić information content (AvgIpc) is 2.97. The molecule has 0 aliphatic rings. The normalized spacial score (nSPS) is 10.5. The molecular weight excluding hydrogens is 310 g/mol. The minimum Gasteiger partial charge on any atom is -0.319 e. The molecule has 0 unspecified atom stereocenters. The summed E-state index contributed by atoms with van der Waals surface area (Å²) >= 11 is 5.88. The van der Waals surface area contributed by atoms with E-state index in [0.717, 1.165) is 11.1 Å². The fraction of sp³-hybridized carbons (Fsp3) is 0.111. The van der Waals surface area contributed by atoms with Crippen LogP contribution in [-0.4, -0.2) is 15.7 Å². The zero-order valence-corrected chi connectivity index (χ0v) is 13.4. The van der Waals surface area contributed by atoms with E-state index in [1.807, 2.05) is 61.7 Å². The summed E-state index contributed by atoms with van der Waals surface area (Å²) in [6.45, 7) is 2.54. The Bertz CT molecular complexity index is 824. The molecule has 0 radical (unpaired) electrons. The summed E-state index contributed by atoms with van der Waals surface area (Å²) in [5.74, 6) is -0.130. The van der Waals surface area contributed by atoms with Gasteiger partial charge in [-0.1, -0.05) is 41.9 Å². The van der Waals surface area contributed by atoms with Gasteiger partial charge in [-0.15, -0.1) is 0 Å². The van der Waals surface area contributed by atoms with Crippen molar-refractivity contribution >= 4 is 23.2 Å². The van der Waals surface area contributed by atoms with E-state index in [9.17, 15) is 4.79 Å². The number of anilines is 1. The summed E-state index contributed by atoms with van der Waals surface area (Å²) in [4.78, 5) is 12.3. The molecule has 0 bridgehead atoms. The quantitative estimate of drug-likeness (QED) is 0.783. The summed E-state index contributed by atoms with van der Waals surface area (Å²) in [7, 11) is 0. The fourth-order valence-electron chi connectivity index (χ4n) is 2.32. The van der Waals surface area contributed by atoms with E-state index < -0.39 is 0 Å². The Hall–Kier alpha value is -2.59. The zero-order valence-electron chi connectivity index (χ0n) is 12.7. The Balaban J connectivity index is 1.69. The van der Waals surface area contributed by atoms with Crippen molar-refractivity contribution in [3.8, 4) is 0 Å². The molecule has 0 saturated carbocycles. The molecule has 0 aliphatic heterocycles. The van der Waals surface area contributed by atoms with Gasteiger partial charge >= 0.3 is 0 Å². The molecular formula is C18H16ClN3O. The summed E-state index contributed by atoms with van der Waals surface area (Å²) in [6.07, 6.45) is 3.46. The number of carbonyl (C=O) groups excluding carboxylic acids is 1. The Labute approximate surface area is 139 Å². The Morgan fingerprint density at radius 3 is 2.65 bits per heavy atom. The van der Waals surface area contributed by atoms with Crippen LogP contribution >= 0.6 is 11.6 Å². The van der Waals surface area contributed by atoms with Crippen LogP contribution in [0.4, 0.5) is 5.69 Å². The molecule has 0 fully saturated rings. The number of aromatic nitrogens is 2. The first-order valence-corrected chi connectivity index (χ1v) is 7.63. The lowest BCUT2D eigenvalue weighted by Gasteiger charge is -2.05. The molecule has 3 rings (SSSR count). The third-order valence-corrected chi connectivity index (χ3v) is 3.79. The van der Waals surface area contributed by atoms with Crippen LogP contribution in [-0.2, 0) is 6.54 Å². The van der Waals surface area contributed by atoms with E-state index in [0.29, 0.717) is 22.8 Å². The van der Waals surface area contributed by atoms with Crippen LogP contribution in [0.15, 0.2) is 60.9 Å². The van der Waals surface area contributed by atoms with Gasteiger partial charge in [0.1, 0.15) is 0 Å². The predicted molar refractivity (Wildman–Crippen MR) is 91.9 cm³/mol. The van der Waals surface area contributed by atoms with E-state index in [2.05, 4.69) is 10.4 Å². The maximum absolute atomic E-state index is 12.3. The van der Waals surface area contributed by atoms with Crippen molar-refractivity contribution in [2.45, 2.75) is 13.5 Å². The van der Waals surface area contributed by atoms with E-state index in [4.69, 9.17) is 11.6 Å². The summed E-state index contributed by atoms with van der Waals surface area (Å²) < 4.78 is 1.77. The number of aryl methyl sites for hydroxylation is 1. The number of halogens is 1. The van der Waals surface area contributed by atoms with Gasteiger partial charge in [0.25, 0.3) is 5.91 Å². The highest BCUT2D eigenvalue weighted by molar-refractivity contribution is 6.30. The molecule has 0 aliphatic carbocycles. The largest absolute Gasteiger partial charge is 0.319 e. The van der Waals surface area contributed by atoms with Gasteiger partial charge in [-0.25, -0.2) is 0 Å². The van der Waals surface area contributed by atoms with Crippen molar-refractivity contribution in [2.24, 2.45) is 0 Å². The highest BCUT2D eigenvalue weighted by atomic mass is 35.5. The minimum atomic E-state index is -0.130. The van der Waals surface area contributed by atoms with Gasteiger partial charge in [0, 0.05) is 16.8 Å².